The summed E-state index contributed by atoms with van der Waals surface area (Å²) in [7, 11) is 0. The van der Waals surface area contributed by atoms with Gasteiger partial charge in [0.25, 0.3) is 0 Å². The summed E-state index contributed by atoms with van der Waals surface area (Å²) in [4.78, 5) is 4.09. The van der Waals surface area contributed by atoms with Gasteiger partial charge in [0.1, 0.15) is 5.52 Å². The minimum atomic E-state index is 0.544. The molecule has 0 bridgehead atoms. The van der Waals surface area contributed by atoms with Gasteiger partial charge in [0.05, 0.1) is 0 Å². The Kier molecular flexibility index (Phi) is 4.12. The van der Waals surface area contributed by atoms with E-state index in [0.717, 1.165) is 30.7 Å². The molecule has 0 fully saturated rings. The van der Waals surface area contributed by atoms with Gasteiger partial charge in [-0.25, -0.2) is 4.98 Å². The van der Waals surface area contributed by atoms with E-state index in [-0.39, 0.29) is 0 Å². The minimum absolute atomic E-state index is 0.544. The molecule has 4 heteroatoms. The molecule has 0 saturated carbocycles. The molecule has 2 N–H and O–H groups in total. The van der Waals surface area contributed by atoms with E-state index in [9.17, 15) is 0 Å². The third kappa shape index (κ3) is 3.54. The topological polar surface area (TPSA) is 50.1 Å². The first kappa shape index (κ1) is 12.1. The van der Waals surface area contributed by atoms with Crippen LogP contribution in [0.1, 0.15) is 19.4 Å². The van der Waals surface area contributed by atoms with Gasteiger partial charge in [0.15, 0.2) is 12.0 Å². The van der Waals surface area contributed by atoms with Gasteiger partial charge in [0.2, 0.25) is 0 Å². The predicted octanol–water partition coefficient (Wildman–Crippen LogP) is 1.92. The SMILES string of the molecule is CC(C)NCCNCc1ccc2ncoc2c1. The zero-order valence-electron chi connectivity index (χ0n) is 10.4. The van der Waals surface area contributed by atoms with E-state index in [4.69, 9.17) is 4.42 Å². The predicted molar refractivity (Wildman–Crippen MR) is 68.9 cm³/mol. The van der Waals surface area contributed by atoms with Gasteiger partial charge in [-0.05, 0) is 17.7 Å². The highest BCUT2D eigenvalue weighted by atomic mass is 16.3. The molecule has 1 aromatic heterocycles. The molecule has 0 radical (unpaired) electrons. The van der Waals surface area contributed by atoms with Crippen molar-refractivity contribution < 1.29 is 4.42 Å². The molecule has 2 rings (SSSR count). The Bertz CT molecular complexity index is 464. The largest absolute Gasteiger partial charge is 0.443 e. The number of nitrogens with zero attached hydrogens (tertiary/aromatic N) is 1. The molecule has 0 amide bonds. The van der Waals surface area contributed by atoms with Crippen molar-refractivity contribution >= 4 is 11.1 Å². The quantitative estimate of drug-likeness (QED) is 0.748. The number of hydrogen-bond acceptors (Lipinski definition) is 4. The van der Waals surface area contributed by atoms with Gasteiger partial charge in [-0.2, -0.15) is 0 Å². The maximum atomic E-state index is 5.27. The van der Waals surface area contributed by atoms with Gasteiger partial charge in [-0.15, -0.1) is 0 Å². The molecule has 0 unspecified atom stereocenters. The summed E-state index contributed by atoms with van der Waals surface area (Å²) in [5.41, 5.74) is 2.98. The van der Waals surface area contributed by atoms with E-state index in [1.807, 2.05) is 12.1 Å². The van der Waals surface area contributed by atoms with E-state index in [0.29, 0.717) is 6.04 Å². The summed E-state index contributed by atoms with van der Waals surface area (Å²) >= 11 is 0. The second-order valence-corrected chi connectivity index (χ2v) is 4.44. The Hall–Kier alpha value is -1.39. The van der Waals surface area contributed by atoms with Crippen molar-refractivity contribution in [3.63, 3.8) is 0 Å². The summed E-state index contributed by atoms with van der Waals surface area (Å²) in [5.74, 6) is 0. The van der Waals surface area contributed by atoms with Gasteiger partial charge in [-0.1, -0.05) is 19.9 Å². The second-order valence-electron chi connectivity index (χ2n) is 4.44. The fourth-order valence-electron chi connectivity index (χ4n) is 1.69. The number of hydrogen-bond donors (Lipinski definition) is 2. The molecule has 0 saturated heterocycles. The van der Waals surface area contributed by atoms with Crippen LogP contribution in [-0.4, -0.2) is 24.1 Å². The third-order valence-corrected chi connectivity index (χ3v) is 2.58. The maximum Gasteiger partial charge on any atom is 0.181 e. The molecule has 17 heavy (non-hydrogen) atoms. The van der Waals surface area contributed by atoms with Gasteiger partial charge >= 0.3 is 0 Å². The number of fused-ring (bicyclic) bond motifs is 1. The first-order valence-electron chi connectivity index (χ1n) is 6.02. The molecule has 1 aromatic carbocycles. The normalized spacial score (nSPS) is 11.5. The summed E-state index contributed by atoms with van der Waals surface area (Å²) in [6, 6.07) is 6.64. The van der Waals surface area contributed by atoms with E-state index < -0.39 is 0 Å². The molecule has 92 valence electrons. The van der Waals surface area contributed by atoms with Crippen molar-refractivity contribution in [2.45, 2.75) is 26.4 Å². The van der Waals surface area contributed by atoms with Crippen molar-refractivity contribution in [2.24, 2.45) is 0 Å². The van der Waals surface area contributed by atoms with Crippen LogP contribution in [0.25, 0.3) is 11.1 Å². The van der Waals surface area contributed by atoms with Crippen molar-refractivity contribution in [1.29, 1.82) is 0 Å². The standard InChI is InChI=1S/C13H19N3O/c1-10(2)15-6-5-14-8-11-3-4-12-13(7-11)17-9-16-12/h3-4,7,9-10,14-15H,5-6,8H2,1-2H3. The van der Waals surface area contributed by atoms with Crippen LogP contribution in [-0.2, 0) is 6.54 Å². The Balaban J connectivity index is 1.78. The Labute approximate surface area is 101 Å². The molecule has 1 heterocycles. The number of aromatic nitrogens is 1. The van der Waals surface area contributed by atoms with Crippen LogP contribution in [0.5, 0.6) is 0 Å². The van der Waals surface area contributed by atoms with Crippen LogP contribution in [0.2, 0.25) is 0 Å². The molecule has 0 aliphatic rings. The molecule has 0 spiro atoms. The number of benzene rings is 1. The van der Waals surface area contributed by atoms with E-state index in [1.54, 1.807) is 0 Å². The van der Waals surface area contributed by atoms with Crippen molar-refractivity contribution in [1.82, 2.24) is 15.6 Å². The maximum absolute atomic E-state index is 5.27. The van der Waals surface area contributed by atoms with Gasteiger partial charge in [-0.3, -0.25) is 0 Å². The third-order valence-electron chi connectivity index (χ3n) is 2.58. The Morgan fingerprint density at radius 1 is 1.29 bits per heavy atom. The average Bonchev–Trinajstić information content (AvgIpc) is 2.75. The zero-order valence-corrected chi connectivity index (χ0v) is 10.4. The van der Waals surface area contributed by atoms with Crippen LogP contribution in [0.3, 0.4) is 0 Å². The lowest BCUT2D eigenvalue weighted by Gasteiger charge is -2.08. The first-order valence-corrected chi connectivity index (χ1v) is 6.02. The zero-order chi connectivity index (χ0) is 12.1. The molecule has 4 nitrogen and oxygen atoms in total. The summed E-state index contributed by atoms with van der Waals surface area (Å²) < 4.78 is 5.27. The Morgan fingerprint density at radius 2 is 2.18 bits per heavy atom. The highest BCUT2D eigenvalue weighted by molar-refractivity contribution is 5.72. The fraction of sp³-hybridized carbons (Fsp3) is 0.462. The van der Waals surface area contributed by atoms with Crippen LogP contribution < -0.4 is 10.6 Å². The molecule has 0 aliphatic carbocycles. The molecular formula is C13H19N3O. The average molecular weight is 233 g/mol. The molecule has 0 aliphatic heterocycles. The monoisotopic (exact) mass is 233 g/mol. The van der Waals surface area contributed by atoms with Crippen molar-refractivity contribution in [2.75, 3.05) is 13.1 Å². The van der Waals surface area contributed by atoms with E-state index >= 15 is 0 Å². The smallest absolute Gasteiger partial charge is 0.181 e. The number of oxazole rings is 1. The van der Waals surface area contributed by atoms with Crippen LogP contribution >= 0.6 is 0 Å². The molecule has 2 aromatic rings. The molecule has 0 atom stereocenters. The van der Waals surface area contributed by atoms with Crippen LogP contribution in [0.15, 0.2) is 29.0 Å². The van der Waals surface area contributed by atoms with Crippen molar-refractivity contribution in [3.8, 4) is 0 Å². The lowest BCUT2D eigenvalue weighted by atomic mass is 10.2. The number of nitrogens with one attached hydrogen (secondary N) is 2. The van der Waals surface area contributed by atoms with E-state index in [1.165, 1.54) is 12.0 Å². The van der Waals surface area contributed by atoms with Crippen molar-refractivity contribution in [3.05, 3.63) is 30.2 Å². The first-order chi connectivity index (χ1) is 8.25. The van der Waals surface area contributed by atoms with Gasteiger partial charge < -0.3 is 15.1 Å². The highest BCUT2D eigenvalue weighted by Crippen LogP contribution is 2.13. The number of rotatable bonds is 6. The fourth-order valence-corrected chi connectivity index (χ4v) is 1.69. The summed E-state index contributed by atoms with van der Waals surface area (Å²) in [6.45, 7) is 7.11. The lowest BCUT2D eigenvalue weighted by Crippen LogP contribution is -2.31. The minimum Gasteiger partial charge on any atom is -0.443 e. The lowest BCUT2D eigenvalue weighted by molar-refractivity contribution is 0.555. The summed E-state index contributed by atoms with van der Waals surface area (Å²) in [6.07, 6.45) is 1.48. The van der Waals surface area contributed by atoms with Crippen LogP contribution in [0, 0.1) is 0 Å². The van der Waals surface area contributed by atoms with Crippen LogP contribution in [0.4, 0.5) is 0 Å². The second kappa shape index (κ2) is 5.80. The van der Waals surface area contributed by atoms with E-state index in [2.05, 4.69) is 35.5 Å². The summed E-state index contributed by atoms with van der Waals surface area (Å²) in [5, 5.41) is 6.76. The molecular weight excluding hydrogens is 214 g/mol. The van der Waals surface area contributed by atoms with Gasteiger partial charge in [0, 0.05) is 25.7 Å². The highest BCUT2D eigenvalue weighted by Gasteiger charge is 1.99. The Morgan fingerprint density at radius 3 is 3.00 bits per heavy atom.